The summed E-state index contributed by atoms with van der Waals surface area (Å²) in [5.41, 5.74) is -4.78. The predicted molar refractivity (Wildman–Crippen MR) is 107 cm³/mol. The zero-order chi connectivity index (χ0) is 24.5. The van der Waals surface area contributed by atoms with Crippen molar-refractivity contribution in [3.8, 4) is 11.5 Å². The number of hydrogen-bond acceptors (Lipinski definition) is 11. The number of ether oxygens (including phenoxy) is 1. The van der Waals surface area contributed by atoms with Gasteiger partial charge in [-0.25, -0.2) is 18.4 Å². The van der Waals surface area contributed by atoms with Gasteiger partial charge >= 0.3 is 11.9 Å². The summed E-state index contributed by atoms with van der Waals surface area (Å²) in [6, 6.07) is 8.66. The number of nitrogens with two attached hydrogens (primary N) is 1. The average molecular weight is 470 g/mol. The first-order valence-electron chi connectivity index (χ1n) is 8.51. The number of aliphatic hydroxyl groups is 6. The molecular weight excluding hydrogens is 451 g/mol. The Morgan fingerprint density at radius 2 is 1.62 bits per heavy atom. The van der Waals surface area contributed by atoms with Crippen LogP contribution in [-0.2, 0) is 10.0 Å². The number of benzene rings is 2. The van der Waals surface area contributed by atoms with Crippen LogP contribution in [0, 0.1) is 0 Å². The Bertz CT molecular complexity index is 1100. The second-order valence-electron chi connectivity index (χ2n) is 6.79. The third kappa shape index (κ3) is 6.15. The van der Waals surface area contributed by atoms with E-state index in [2.05, 4.69) is 0 Å². The van der Waals surface area contributed by atoms with E-state index in [-0.39, 0.29) is 5.75 Å². The molecule has 2 rings (SSSR count). The topological polar surface area (TPSA) is 240 Å². The monoisotopic (exact) mass is 470 g/mol. The van der Waals surface area contributed by atoms with Crippen LogP contribution in [0.4, 0.5) is 5.69 Å². The number of primary sulfonamides is 1. The minimum atomic E-state index is -4.67. The van der Waals surface area contributed by atoms with Crippen molar-refractivity contribution >= 4 is 29.5 Å². The first-order chi connectivity index (χ1) is 14.4. The van der Waals surface area contributed by atoms with Gasteiger partial charge in [0.05, 0.1) is 17.7 Å². The molecule has 0 aliphatic carbocycles. The summed E-state index contributed by atoms with van der Waals surface area (Å²) in [6.45, 7) is 0. The van der Waals surface area contributed by atoms with E-state index < -0.39 is 61.7 Å². The van der Waals surface area contributed by atoms with E-state index in [9.17, 15) is 38.7 Å². The predicted octanol–water partition coefficient (Wildman–Crippen LogP) is -2.25. The number of carbonyl (C=O) groups is 1. The number of anilines is 1. The van der Waals surface area contributed by atoms with Crippen molar-refractivity contribution in [3.05, 3.63) is 48.0 Å². The smallest absolute Gasteiger partial charge is 0.335 e. The highest BCUT2D eigenvalue weighted by atomic mass is 32.2. The number of hydrogen-bond donors (Lipinski definition) is 9. The van der Waals surface area contributed by atoms with Crippen molar-refractivity contribution in [2.75, 3.05) is 5.32 Å². The maximum Gasteiger partial charge on any atom is 0.335 e. The summed E-state index contributed by atoms with van der Waals surface area (Å²) in [4.78, 5) is 10.5. The highest BCUT2D eigenvalue weighted by Gasteiger charge is 2.51. The van der Waals surface area contributed by atoms with Crippen LogP contribution in [0.1, 0.15) is 16.8 Å². The Balaban J connectivity index is 2.70. The van der Waals surface area contributed by atoms with E-state index >= 15 is 0 Å². The fourth-order valence-electron chi connectivity index (χ4n) is 2.52. The molecule has 172 valence electrons. The lowest BCUT2D eigenvalue weighted by molar-refractivity contribution is -0.361. The molecule has 0 unspecified atom stereocenters. The molecule has 0 spiro atoms. The van der Waals surface area contributed by atoms with Crippen molar-refractivity contribution < 1.29 is 53.7 Å². The summed E-state index contributed by atoms with van der Waals surface area (Å²) >= 11 is 0. The van der Waals surface area contributed by atoms with E-state index in [1.807, 2.05) is 0 Å². The SMILES string of the molecule is [B]C(O)(O)CC(O)(O)C(O)(O)Nc1cc(C(=O)O)cc(S(N)(=O)=O)c1Oc1ccccc1. The van der Waals surface area contributed by atoms with E-state index in [4.69, 9.17) is 27.9 Å². The molecule has 0 atom stereocenters. The number of aromatic carboxylic acids is 1. The van der Waals surface area contributed by atoms with Gasteiger partial charge < -0.3 is 45.8 Å². The third-order valence-corrected chi connectivity index (χ3v) is 4.86. The second-order valence-corrected chi connectivity index (χ2v) is 8.32. The Labute approximate surface area is 182 Å². The lowest BCUT2D eigenvalue weighted by Gasteiger charge is -2.38. The van der Waals surface area contributed by atoms with Crippen LogP contribution in [0.25, 0.3) is 0 Å². The van der Waals surface area contributed by atoms with Crippen LogP contribution in [0.3, 0.4) is 0 Å². The van der Waals surface area contributed by atoms with Crippen molar-refractivity contribution in [1.29, 1.82) is 0 Å². The van der Waals surface area contributed by atoms with Gasteiger partial charge in [-0.2, -0.15) is 0 Å². The van der Waals surface area contributed by atoms with Crippen LogP contribution in [-0.4, -0.2) is 75.4 Å². The molecule has 0 heterocycles. The van der Waals surface area contributed by atoms with Crippen LogP contribution < -0.4 is 15.2 Å². The molecule has 0 aromatic heterocycles. The van der Waals surface area contributed by atoms with Crippen LogP contribution in [0.5, 0.6) is 11.5 Å². The third-order valence-electron chi connectivity index (χ3n) is 3.95. The van der Waals surface area contributed by atoms with E-state index in [1.165, 1.54) is 24.3 Å². The molecule has 0 aliphatic rings. The lowest BCUT2D eigenvalue weighted by Crippen LogP contribution is -2.62. The Hall–Kier alpha value is -2.76. The number of carboxylic acids is 1. The largest absolute Gasteiger partial charge is 0.478 e. The summed E-state index contributed by atoms with van der Waals surface area (Å²) in [7, 11) is 0.163. The van der Waals surface area contributed by atoms with Gasteiger partial charge in [0.1, 0.15) is 16.3 Å². The number of sulfonamides is 1. The molecule has 0 amide bonds. The van der Waals surface area contributed by atoms with E-state index in [0.717, 1.165) is 0 Å². The normalized spacial score (nSPS) is 13.0. The summed E-state index contributed by atoms with van der Waals surface area (Å²) in [5, 5.41) is 74.6. The Kier molecular flexibility index (Phi) is 6.89. The number of carboxylic acid groups (broad SMARTS) is 1. The molecule has 2 aromatic rings. The minimum Gasteiger partial charge on any atom is -0.478 e. The first-order valence-corrected chi connectivity index (χ1v) is 10.1. The van der Waals surface area contributed by atoms with Gasteiger partial charge in [-0.3, -0.25) is 0 Å². The van der Waals surface area contributed by atoms with Gasteiger partial charge in [-0.15, -0.1) is 0 Å². The average Bonchev–Trinajstić information content (AvgIpc) is 2.60. The molecule has 2 radical (unpaired) electrons. The molecule has 32 heavy (non-hydrogen) atoms. The van der Waals surface area contributed by atoms with E-state index in [0.29, 0.717) is 12.1 Å². The van der Waals surface area contributed by atoms with Crippen molar-refractivity contribution in [1.82, 2.24) is 0 Å². The highest BCUT2D eigenvalue weighted by molar-refractivity contribution is 7.89. The highest BCUT2D eigenvalue weighted by Crippen LogP contribution is 2.39. The van der Waals surface area contributed by atoms with Gasteiger partial charge in [-0.1, -0.05) is 18.2 Å². The van der Waals surface area contributed by atoms with E-state index in [1.54, 1.807) is 11.4 Å². The molecule has 0 bridgehead atoms. The van der Waals surface area contributed by atoms with Crippen LogP contribution >= 0.6 is 0 Å². The molecule has 0 saturated carbocycles. The molecule has 0 aliphatic heterocycles. The van der Waals surface area contributed by atoms with Gasteiger partial charge in [0, 0.05) is 0 Å². The first kappa shape index (κ1) is 25.5. The molecule has 0 saturated heterocycles. The van der Waals surface area contributed by atoms with Crippen molar-refractivity contribution in [3.63, 3.8) is 0 Å². The minimum absolute atomic E-state index is 0.0101. The van der Waals surface area contributed by atoms with Gasteiger partial charge in [0.15, 0.2) is 13.6 Å². The van der Waals surface area contributed by atoms with Gasteiger partial charge in [0.25, 0.3) is 0 Å². The zero-order valence-corrected chi connectivity index (χ0v) is 16.9. The summed E-state index contributed by atoms with van der Waals surface area (Å²) in [6.07, 6.45) is -1.64. The maximum absolute atomic E-state index is 12.1. The van der Waals surface area contributed by atoms with Gasteiger partial charge in [-0.05, 0) is 24.3 Å². The number of nitrogens with one attached hydrogen (secondary N) is 1. The fraction of sp³-hybridized carbons (Fsp3) is 0.235. The molecule has 10 N–H and O–H groups in total. The van der Waals surface area contributed by atoms with Gasteiger partial charge in [0.2, 0.25) is 15.8 Å². The van der Waals surface area contributed by atoms with Crippen LogP contribution in [0.2, 0.25) is 0 Å². The summed E-state index contributed by atoms with van der Waals surface area (Å²) < 4.78 is 29.6. The number of rotatable bonds is 9. The maximum atomic E-state index is 12.1. The molecule has 2 aromatic carbocycles. The zero-order valence-electron chi connectivity index (χ0n) is 16.1. The molecule has 0 fully saturated rings. The van der Waals surface area contributed by atoms with Crippen LogP contribution in [0.15, 0.2) is 47.4 Å². The lowest BCUT2D eigenvalue weighted by atomic mass is 9.86. The standard InChI is InChI=1S/C17H19BN2O11S/c18-16(25,26)8-15(23,24)17(27,28)20-11-6-9(14(21)22)7-12(32(19,29)30)13(11)31-10-4-2-1-3-5-10/h1-7,20,23-28H,8H2,(H,21,22)(H2,19,29,30). The molecule has 15 heteroatoms. The quantitative estimate of drug-likeness (QED) is 0.140. The fourth-order valence-corrected chi connectivity index (χ4v) is 3.22. The van der Waals surface area contributed by atoms with Crippen molar-refractivity contribution in [2.24, 2.45) is 5.14 Å². The van der Waals surface area contributed by atoms with Crippen molar-refractivity contribution in [2.45, 2.75) is 28.7 Å². The molecule has 13 nitrogen and oxygen atoms in total. The Morgan fingerprint density at radius 1 is 1.06 bits per heavy atom. The Morgan fingerprint density at radius 3 is 2.09 bits per heavy atom. The number of para-hydroxylation sites is 1. The molecular formula is C17H19BN2O11S. The summed E-state index contributed by atoms with van der Waals surface area (Å²) in [5.74, 6) is -10.0. The second kappa shape index (κ2) is 8.65.